The Hall–Kier alpha value is 0.959. The molecule has 0 saturated carbocycles. The molecule has 0 fully saturated rings. The molecule has 1 radical (unpaired) electrons. The van der Waals surface area contributed by atoms with Gasteiger partial charge < -0.3 is 0 Å². The first-order chi connectivity index (χ1) is 1.00. The normalized spacial score (nSPS) is 1.50. The molecular formula is H4CuO2Se. The summed E-state index contributed by atoms with van der Waals surface area (Å²) < 4.78 is 0. The number of hydrogen-bond acceptors (Lipinski definition) is 2. The third-order valence-electron chi connectivity index (χ3n) is 0. The molecule has 0 unspecified atom stereocenters. The van der Waals surface area contributed by atoms with Crippen molar-refractivity contribution in [3.63, 3.8) is 0 Å². The SMILES string of the molecule is OO.[Cu].[SeH2]. The Morgan fingerprint density at radius 2 is 1.00 bits per heavy atom. The van der Waals surface area contributed by atoms with Crippen molar-refractivity contribution in [1.82, 2.24) is 0 Å². The third kappa shape index (κ3) is 12.3. The molecule has 0 aliphatic rings. The van der Waals surface area contributed by atoms with Gasteiger partial charge in [0.25, 0.3) is 0 Å². The van der Waals surface area contributed by atoms with Gasteiger partial charge >= 0.3 is 17.1 Å². The molecule has 0 heterocycles. The van der Waals surface area contributed by atoms with Gasteiger partial charge in [-0.05, 0) is 0 Å². The quantitative estimate of drug-likeness (QED) is 0.287. The molecule has 4 heavy (non-hydrogen) atoms. The average molecular weight is 179 g/mol. The average Bonchev–Trinajstić information content (AvgIpc) is 1.00. The summed E-state index contributed by atoms with van der Waals surface area (Å²) in [5.41, 5.74) is 0. The van der Waals surface area contributed by atoms with Gasteiger partial charge in [-0.25, -0.2) is 0 Å². The Bertz CT molecular complexity index is 6.00. The van der Waals surface area contributed by atoms with Crippen LogP contribution in [-0.2, 0) is 17.1 Å². The molecule has 0 aromatic rings. The minimum atomic E-state index is 0. The van der Waals surface area contributed by atoms with Crippen LogP contribution in [0.5, 0.6) is 0 Å². The van der Waals surface area contributed by atoms with Crippen LogP contribution in [-0.4, -0.2) is 27.6 Å². The summed E-state index contributed by atoms with van der Waals surface area (Å²) in [7, 11) is 0. The first-order valence-corrected chi connectivity index (χ1v) is 0.200. The molecular weight excluding hydrogens is 175 g/mol. The second kappa shape index (κ2) is 37.7. The van der Waals surface area contributed by atoms with E-state index < -0.39 is 0 Å². The van der Waals surface area contributed by atoms with Crippen molar-refractivity contribution in [2.45, 2.75) is 0 Å². The van der Waals surface area contributed by atoms with E-state index in [9.17, 15) is 0 Å². The number of hydrogen-bond donors (Lipinski definition) is 2. The summed E-state index contributed by atoms with van der Waals surface area (Å²) in [6.45, 7) is 0. The van der Waals surface area contributed by atoms with Crippen LogP contribution in [0.3, 0.4) is 0 Å². The predicted molar refractivity (Wildman–Crippen MR) is 13.8 cm³/mol. The van der Waals surface area contributed by atoms with Crippen molar-refractivity contribution in [2.75, 3.05) is 0 Å². The molecule has 33 valence electrons. The summed E-state index contributed by atoms with van der Waals surface area (Å²) in [5, 5.41) is 12.0. The van der Waals surface area contributed by atoms with Crippen molar-refractivity contribution in [1.29, 1.82) is 0 Å². The van der Waals surface area contributed by atoms with Crippen LogP contribution in [0, 0.1) is 0 Å². The molecule has 2 N–H and O–H groups in total. The van der Waals surface area contributed by atoms with E-state index in [0.717, 1.165) is 0 Å². The maximum absolute atomic E-state index is 6.00. The Morgan fingerprint density at radius 1 is 1.00 bits per heavy atom. The Balaban J connectivity index is -0.00000000500. The van der Waals surface area contributed by atoms with Crippen LogP contribution < -0.4 is 0 Å². The molecule has 0 aromatic carbocycles. The fraction of sp³-hybridized carbons (Fsp3) is 0. The molecule has 0 aliphatic heterocycles. The molecule has 0 saturated heterocycles. The van der Waals surface area contributed by atoms with Crippen LogP contribution in [0.4, 0.5) is 0 Å². The Kier molecular flexibility index (Phi) is 191. The fourth-order valence-corrected chi connectivity index (χ4v) is 0. The summed E-state index contributed by atoms with van der Waals surface area (Å²) in [6.07, 6.45) is 0. The van der Waals surface area contributed by atoms with Gasteiger partial charge in [0.1, 0.15) is 0 Å². The summed E-state index contributed by atoms with van der Waals surface area (Å²) in [4.78, 5) is 0. The molecule has 0 bridgehead atoms. The zero-order valence-corrected chi connectivity index (χ0v) is 4.74. The fourth-order valence-electron chi connectivity index (χ4n) is 0. The van der Waals surface area contributed by atoms with Crippen LogP contribution in [0.2, 0.25) is 0 Å². The zero-order valence-electron chi connectivity index (χ0n) is 1.70. The third-order valence-corrected chi connectivity index (χ3v) is 0. The second-order valence-electron chi connectivity index (χ2n) is 0. The van der Waals surface area contributed by atoms with E-state index in [4.69, 9.17) is 10.5 Å². The standard InChI is InChI=1S/Cu.H2O2.H2Se/c;1-2;/h;1-2H;1H2. The van der Waals surface area contributed by atoms with Gasteiger partial charge in [0, 0.05) is 17.1 Å². The molecule has 4 heteroatoms. The Labute approximate surface area is 45.1 Å². The topological polar surface area (TPSA) is 40.5 Å². The van der Waals surface area contributed by atoms with Crippen LogP contribution in [0.25, 0.3) is 0 Å². The van der Waals surface area contributed by atoms with Gasteiger partial charge in [-0.3, -0.25) is 10.5 Å². The van der Waals surface area contributed by atoms with E-state index in [1.54, 1.807) is 0 Å². The van der Waals surface area contributed by atoms with Gasteiger partial charge in [0.2, 0.25) is 0 Å². The first-order valence-electron chi connectivity index (χ1n) is 0.200. The molecule has 0 aliphatic carbocycles. The van der Waals surface area contributed by atoms with E-state index in [1.807, 2.05) is 0 Å². The van der Waals surface area contributed by atoms with E-state index in [1.165, 1.54) is 0 Å². The number of rotatable bonds is 0. The van der Waals surface area contributed by atoms with Gasteiger partial charge in [-0.2, -0.15) is 0 Å². The maximum atomic E-state index is 6.00. The molecule has 0 spiro atoms. The van der Waals surface area contributed by atoms with Crippen molar-refractivity contribution < 1.29 is 27.6 Å². The second-order valence-corrected chi connectivity index (χ2v) is 0. The van der Waals surface area contributed by atoms with Crippen LogP contribution in [0.1, 0.15) is 0 Å². The van der Waals surface area contributed by atoms with Crippen LogP contribution in [0.15, 0.2) is 0 Å². The molecule has 2 nitrogen and oxygen atoms in total. The molecule has 0 rings (SSSR count). The van der Waals surface area contributed by atoms with Crippen molar-refractivity contribution in [3.8, 4) is 0 Å². The van der Waals surface area contributed by atoms with E-state index in [-0.39, 0.29) is 34.1 Å². The summed E-state index contributed by atoms with van der Waals surface area (Å²) in [5.74, 6) is 0. The van der Waals surface area contributed by atoms with Gasteiger partial charge in [0.05, 0.1) is 0 Å². The van der Waals surface area contributed by atoms with Crippen molar-refractivity contribution in [3.05, 3.63) is 0 Å². The van der Waals surface area contributed by atoms with Crippen LogP contribution >= 0.6 is 0 Å². The molecule has 0 atom stereocenters. The van der Waals surface area contributed by atoms with E-state index >= 15 is 0 Å². The summed E-state index contributed by atoms with van der Waals surface area (Å²) >= 11 is 0. The first kappa shape index (κ1) is 20.3. The monoisotopic (exact) mass is 179 g/mol. The minimum absolute atomic E-state index is 0. The van der Waals surface area contributed by atoms with E-state index in [2.05, 4.69) is 0 Å². The zero-order chi connectivity index (χ0) is 2.00. The molecule has 0 aromatic heterocycles. The van der Waals surface area contributed by atoms with Gasteiger partial charge in [-0.1, -0.05) is 0 Å². The molecule has 0 amide bonds. The van der Waals surface area contributed by atoms with Gasteiger partial charge in [0.15, 0.2) is 0 Å². The summed E-state index contributed by atoms with van der Waals surface area (Å²) in [6, 6.07) is 0. The van der Waals surface area contributed by atoms with Gasteiger partial charge in [-0.15, -0.1) is 0 Å². The Morgan fingerprint density at radius 3 is 1.00 bits per heavy atom. The van der Waals surface area contributed by atoms with E-state index in [0.29, 0.717) is 0 Å². The van der Waals surface area contributed by atoms with Crippen molar-refractivity contribution >= 4 is 17.1 Å². The predicted octanol–water partition coefficient (Wildman–Crippen LogP) is -0.901. The van der Waals surface area contributed by atoms with Crippen molar-refractivity contribution in [2.24, 2.45) is 0 Å².